The van der Waals surface area contributed by atoms with E-state index in [1.807, 2.05) is 0 Å². The average molecular weight is 1000 g/mol. The summed E-state index contributed by atoms with van der Waals surface area (Å²) in [5.41, 5.74) is 0. The SMILES string of the molecule is CO[C@@H]1O[C@H](CO)[C@@H](O[C@@H]2O[C@H](CO)[C@@H](O[C@@H]3O[C@H](CO)[C@@H](O)[C@H](O[C@@H]4O[C@H](CO)[C@@H](O[C@@H]5O[C@H](CO)[C@@H](O[C@@H]6O[C@H](CO)[C@@H](O)[C@H](O)[C@H]6O)[C@H](O)[C@H]5O)[C@H](O)[C@H]4O)[C@H]3O)[C@H](O)[C@H]2O)[C@H](O)[C@H]1O. The van der Waals surface area contributed by atoms with E-state index >= 15 is 0 Å². The van der Waals surface area contributed by atoms with E-state index in [2.05, 4.69) is 0 Å². The molecule has 0 bridgehead atoms. The van der Waals surface area contributed by atoms with Crippen molar-refractivity contribution in [1.82, 2.24) is 0 Å². The zero-order chi connectivity index (χ0) is 50.0. The normalized spacial score (nSPS) is 52.8. The highest BCUT2D eigenvalue weighted by Crippen LogP contribution is 2.37. The van der Waals surface area contributed by atoms with E-state index < -0.39 is 224 Å². The molecule has 68 heavy (non-hydrogen) atoms. The molecule has 0 aromatic rings. The summed E-state index contributed by atoms with van der Waals surface area (Å²) in [6, 6.07) is 0. The van der Waals surface area contributed by atoms with Gasteiger partial charge in [0.15, 0.2) is 37.7 Å². The first-order chi connectivity index (χ1) is 32.3. The molecule has 30 atom stereocenters. The van der Waals surface area contributed by atoms with E-state index in [1.165, 1.54) is 0 Å². The standard InChI is InChI=1S/C37H64O31/c1-57-32-22(52)17(47)27(10(4-40)60-32)65-34-24(54)19(49)30(13(7-43)62-34)67-37-26(56)31(15(45)9(3-39)59-37)68-36-25(55)20(50)29(12(6-42)63-36)66-35-23(53)18(48)28(11(5-41)61-35)64-33-21(51)16(46)14(44)8(2-38)58-33/h8-56H,2-7H2,1H3/t8-,9-,10-,11-,12-,13-,14-,15-,16+,17-,18-,19-,20-,21-,22-,23-,24-,25-,26-,27-,28-,29-,30-,31+,32-,33+,34+,35+,36+,37+/m1/s1. The van der Waals surface area contributed by atoms with Gasteiger partial charge in [-0.3, -0.25) is 0 Å². The van der Waals surface area contributed by atoms with Gasteiger partial charge >= 0.3 is 0 Å². The fourth-order valence-electron chi connectivity index (χ4n) is 8.70. The number of rotatable bonds is 17. The Labute approximate surface area is 384 Å². The van der Waals surface area contributed by atoms with Gasteiger partial charge in [-0.05, 0) is 0 Å². The maximum absolute atomic E-state index is 11.4. The minimum absolute atomic E-state index is 0.780. The Morgan fingerprint density at radius 2 is 0.485 bits per heavy atom. The van der Waals surface area contributed by atoms with E-state index in [0.717, 1.165) is 7.11 Å². The number of methoxy groups -OCH3 is 1. The summed E-state index contributed by atoms with van der Waals surface area (Å²) in [5.74, 6) is 0. The lowest BCUT2D eigenvalue weighted by molar-refractivity contribution is -0.396. The van der Waals surface area contributed by atoms with Crippen molar-refractivity contribution in [2.45, 2.75) is 184 Å². The van der Waals surface area contributed by atoms with E-state index in [-0.39, 0.29) is 0 Å². The van der Waals surface area contributed by atoms with Gasteiger partial charge in [0.2, 0.25) is 0 Å². The molecular weight excluding hydrogens is 940 g/mol. The van der Waals surface area contributed by atoms with Crippen molar-refractivity contribution in [2.24, 2.45) is 0 Å². The van der Waals surface area contributed by atoms with Crippen LogP contribution in [0.3, 0.4) is 0 Å². The summed E-state index contributed by atoms with van der Waals surface area (Å²) in [4.78, 5) is 0. The second-order valence-electron chi connectivity index (χ2n) is 17.0. The van der Waals surface area contributed by atoms with Gasteiger partial charge in [0.25, 0.3) is 0 Å². The van der Waals surface area contributed by atoms with Crippen molar-refractivity contribution >= 4 is 0 Å². The first-order valence-electron chi connectivity index (χ1n) is 21.5. The minimum atomic E-state index is -2.21. The topological polar surface area (TPSA) is 495 Å². The third-order valence-corrected chi connectivity index (χ3v) is 12.6. The van der Waals surface area contributed by atoms with Gasteiger partial charge < -0.3 is 154 Å². The molecule has 0 aromatic heterocycles. The molecule has 6 rings (SSSR count). The molecule has 0 spiro atoms. The van der Waals surface area contributed by atoms with Crippen molar-refractivity contribution in [1.29, 1.82) is 0 Å². The van der Waals surface area contributed by atoms with Crippen LogP contribution >= 0.6 is 0 Å². The monoisotopic (exact) mass is 1000 g/mol. The van der Waals surface area contributed by atoms with Crippen molar-refractivity contribution in [3.05, 3.63) is 0 Å². The van der Waals surface area contributed by atoms with Crippen molar-refractivity contribution in [3.63, 3.8) is 0 Å². The highest BCUT2D eigenvalue weighted by Gasteiger charge is 2.57. The van der Waals surface area contributed by atoms with Gasteiger partial charge in [0.1, 0.15) is 146 Å². The highest BCUT2D eigenvalue weighted by atomic mass is 16.8. The van der Waals surface area contributed by atoms with Crippen LogP contribution in [-0.2, 0) is 56.8 Å². The molecule has 0 aromatic carbocycles. The van der Waals surface area contributed by atoms with Crippen molar-refractivity contribution in [2.75, 3.05) is 46.8 Å². The lowest BCUT2D eigenvalue weighted by atomic mass is 9.95. The van der Waals surface area contributed by atoms with Crippen LogP contribution < -0.4 is 0 Å². The smallest absolute Gasteiger partial charge is 0.187 e. The third-order valence-electron chi connectivity index (χ3n) is 12.6. The molecule has 31 heteroatoms. The quantitative estimate of drug-likeness (QED) is 0.0643. The zero-order valence-electron chi connectivity index (χ0n) is 36.0. The van der Waals surface area contributed by atoms with E-state index in [4.69, 9.17) is 56.8 Å². The van der Waals surface area contributed by atoms with E-state index in [1.54, 1.807) is 0 Å². The second-order valence-corrected chi connectivity index (χ2v) is 17.0. The Kier molecular flexibility index (Phi) is 19.9. The van der Waals surface area contributed by atoms with Gasteiger partial charge in [-0.25, -0.2) is 0 Å². The summed E-state index contributed by atoms with van der Waals surface area (Å²) >= 11 is 0. The van der Waals surface area contributed by atoms with Gasteiger partial charge in [0, 0.05) is 7.11 Å². The third kappa shape index (κ3) is 11.3. The van der Waals surface area contributed by atoms with E-state index in [0.29, 0.717) is 0 Å². The Morgan fingerprint density at radius 1 is 0.250 bits per heavy atom. The average Bonchev–Trinajstić information content (AvgIpc) is 3.33. The number of aliphatic hydroxyl groups is 19. The molecule has 0 unspecified atom stereocenters. The van der Waals surface area contributed by atoms with Crippen LogP contribution in [0.2, 0.25) is 0 Å². The van der Waals surface area contributed by atoms with Gasteiger partial charge in [-0.1, -0.05) is 0 Å². The molecule has 0 radical (unpaired) electrons. The van der Waals surface area contributed by atoms with Crippen molar-refractivity contribution in [3.8, 4) is 0 Å². The zero-order valence-corrected chi connectivity index (χ0v) is 36.0. The molecule has 6 heterocycles. The molecule has 6 aliphatic rings. The first-order valence-corrected chi connectivity index (χ1v) is 21.5. The predicted octanol–water partition coefficient (Wildman–Crippen LogP) is -13.4. The number of hydrogen-bond donors (Lipinski definition) is 19. The van der Waals surface area contributed by atoms with Crippen molar-refractivity contribution < 1.29 is 154 Å². The Hall–Kier alpha value is -1.24. The van der Waals surface area contributed by atoms with Gasteiger partial charge in [-0.2, -0.15) is 0 Å². The summed E-state index contributed by atoms with van der Waals surface area (Å²) in [5, 5.41) is 201. The number of hydrogen-bond acceptors (Lipinski definition) is 31. The van der Waals surface area contributed by atoms with Crippen LogP contribution in [0.4, 0.5) is 0 Å². The molecule has 6 fully saturated rings. The molecule has 31 nitrogen and oxygen atoms in total. The molecule has 0 aliphatic carbocycles. The molecular formula is C37H64O31. The number of ether oxygens (including phenoxy) is 12. The summed E-state index contributed by atoms with van der Waals surface area (Å²) < 4.78 is 66.1. The number of aliphatic hydroxyl groups excluding tert-OH is 19. The van der Waals surface area contributed by atoms with Crippen LogP contribution in [0, 0.1) is 0 Å². The van der Waals surface area contributed by atoms with Crippen LogP contribution in [0.1, 0.15) is 0 Å². The molecule has 0 saturated carbocycles. The minimum Gasteiger partial charge on any atom is -0.394 e. The summed E-state index contributed by atoms with van der Waals surface area (Å²) in [6.45, 7) is -5.58. The lowest BCUT2D eigenvalue weighted by Crippen LogP contribution is -2.68. The Morgan fingerprint density at radius 3 is 0.794 bits per heavy atom. The second kappa shape index (κ2) is 24.2. The maximum Gasteiger partial charge on any atom is 0.187 e. The first kappa shape index (κ1) is 56.1. The lowest BCUT2D eigenvalue weighted by Gasteiger charge is -2.50. The van der Waals surface area contributed by atoms with Crippen LogP contribution in [0.5, 0.6) is 0 Å². The fraction of sp³-hybridized carbons (Fsp3) is 1.00. The highest BCUT2D eigenvalue weighted by molar-refractivity contribution is 5.00. The molecule has 19 N–H and O–H groups in total. The fourth-order valence-corrected chi connectivity index (χ4v) is 8.70. The van der Waals surface area contributed by atoms with E-state index in [9.17, 15) is 97.0 Å². The Bertz CT molecular complexity index is 1520. The molecule has 6 aliphatic heterocycles. The molecule has 6 saturated heterocycles. The van der Waals surface area contributed by atoms with Gasteiger partial charge in [0.05, 0.1) is 39.6 Å². The van der Waals surface area contributed by atoms with Gasteiger partial charge in [-0.15, -0.1) is 0 Å². The van der Waals surface area contributed by atoms with Crippen LogP contribution in [0.15, 0.2) is 0 Å². The maximum atomic E-state index is 11.4. The van der Waals surface area contributed by atoms with Crippen LogP contribution in [-0.4, -0.2) is 328 Å². The Balaban J connectivity index is 1.10. The largest absolute Gasteiger partial charge is 0.394 e. The molecule has 398 valence electrons. The summed E-state index contributed by atoms with van der Waals surface area (Å²) in [7, 11) is 1.16. The summed E-state index contributed by atoms with van der Waals surface area (Å²) in [6.07, 6.45) is -55.6. The molecule has 0 amide bonds. The predicted molar refractivity (Wildman–Crippen MR) is 204 cm³/mol. The van der Waals surface area contributed by atoms with Crippen LogP contribution in [0.25, 0.3) is 0 Å².